The molecule has 0 saturated heterocycles. The maximum atomic E-state index is 12.7. The van der Waals surface area contributed by atoms with Crippen LogP contribution >= 0.6 is 0 Å². The number of aryl methyl sites for hydroxylation is 1. The molecule has 2 amide bonds. The molecule has 2 N–H and O–H groups in total. The molecule has 3 aromatic carbocycles. The van der Waals surface area contributed by atoms with Crippen molar-refractivity contribution in [2.45, 2.75) is 32.7 Å². The van der Waals surface area contributed by atoms with Gasteiger partial charge in [0.05, 0.1) is 17.4 Å². The van der Waals surface area contributed by atoms with E-state index in [4.69, 9.17) is 5.10 Å². The molecule has 0 radical (unpaired) electrons. The second-order valence-corrected chi connectivity index (χ2v) is 8.28. The number of nitrogens with one attached hydrogen (secondary N) is 2. The number of carbonyl (C=O) groups is 2. The molecular formula is C28H28N4O2. The van der Waals surface area contributed by atoms with Crippen molar-refractivity contribution < 1.29 is 9.59 Å². The van der Waals surface area contributed by atoms with Gasteiger partial charge < -0.3 is 10.6 Å². The zero-order valence-electron chi connectivity index (χ0n) is 19.4. The highest BCUT2D eigenvalue weighted by molar-refractivity contribution is 5.93. The van der Waals surface area contributed by atoms with Crippen LogP contribution in [-0.2, 0) is 9.59 Å². The SMILES string of the molecule is Cc1cccc(-n2nc(-c3ccccc3)cc2NC(=O)CCC(=O)NC(C)c2ccccc2)c1. The van der Waals surface area contributed by atoms with Crippen molar-refractivity contribution in [2.24, 2.45) is 0 Å². The number of hydrogen-bond acceptors (Lipinski definition) is 3. The minimum atomic E-state index is -0.240. The monoisotopic (exact) mass is 452 g/mol. The predicted octanol–water partition coefficient (Wildman–Crippen LogP) is 5.44. The Kier molecular flexibility index (Phi) is 7.18. The summed E-state index contributed by atoms with van der Waals surface area (Å²) >= 11 is 0. The number of benzene rings is 3. The summed E-state index contributed by atoms with van der Waals surface area (Å²) in [5.41, 5.74) is 4.68. The van der Waals surface area contributed by atoms with E-state index in [2.05, 4.69) is 10.6 Å². The largest absolute Gasteiger partial charge is 0.350 e. The van der Waals surface area contributed by atoms with E-state index in [0.29, 0.717) is 5.82 Å². The molecule has 4 rings (SSSR count). The summed E-state index contributed by atoms with van der Waals surface area (Å²) in [6.07, 6.45) is 0.181. The highest BCUT2D eigenvalue weighted by atomic mass is 16.2. The first-order valence-electron chi connectivity index (χ1n) is 11.4. The maximum absolute atomic E-state index is 12.7. The Morgan fingerprint density at radius 1 is 0.853 bits per heavy atom. The second kappa shape index (κ2) is 10.6. The molecule has 0 saturated carbocycles. The van der Waals surface area contributed by atoms with E-state index in [9.17, 15) is 9.59 Å². The minimum absolute atomic E-state index is 0.0764. The number of hydrogen-bond donors (Lipinski definition) is 2. The van der Waals surface area contributed by atoms with Crippen LogP contribution in [0.2, 0.25) is 0 Å². The first kappa shape index (κ1) is 23.0. The van der Waals surface area contributed by atoms with Crippen LogP contribution in [0.4, 0.5) is 5.82 Å². The molecule has 1 atom stereocenters. The van der Waals surface area contributed by atoms with Crippen LogP contribution in [0, 0.1) is 6.92 Å². The lowest BCUT2D eigenvalue weighted by Gasteiger charge is -2.14. The van der Waals surface area contributed by atoms with Gasteiger partial charge in [-0.2, -0.15) is 5.10 Å². The summed E-state index contributed by atoms with van der Waals surface area (Å²) in [6.45, 7) is 3.94. The Bertz CT molecular complexity index is 1270. The van der Waals surface area contributed by atoms with Gasteiger partial charge in [0.2, 0.25) is 11.8 Å². The molecule has 0 bridgehead atoms. The lowest BCUT2D eigenvalue weighted by Crippen LogP contribution is -2.27. The fraction of sp³-hybridized carbons (Fsp3) is 0.179. The smallest absolute Gasteiger partial charge is 0.226 e. The third-order valence-electron chi connectivity index (χ3n) is 5.55. The Balaban J connectivity index is 1.45. The highest BCUT2D eigenvalue weighted by Gasteiger charge is 2.16. The van der Waals surface area contributed by atoms with Crippen LogP contribution in [-0.4, -0.2) is 21.6 Å². The van der Waals surface area contributed by atoms with Gasteiger partial charge in [0, 0.05) is 24.5 Å². The van der Waals surface area contributed by atoms with Gasteiger partial charge >= 0.3 is 0 Å². The van der Waals surface area contributed by atoms with E-state index in [1.54, 1.807) is 4.68 Å². The van der Waals surface area contributed by atoms with Crippen molar-refractivity contribution in [3.63, 3.8) is 0 Å². The van der Waals surface area contributed by atoms with Gasteiger partial charge in [0.1, 0.15) is 5.82 Å². The van der Waals surface area contributed by atoms with Gasteiger partial charge in [-0.1, -0.05) is 72.8 Å². The molecule has 1 unspecified atom stereocenters. The zero-order chi connectivity index (χ0) is 23.9. The Morgan fingerprint density at radius 2 is 1.53 bits per heavy atom. The summed E-state index contributed by atoms with van der Waals surface area (Å²) < 4.78 is 1.73. The second-order valence-electron chi connectivity index (χ2n) is 8.28. The van der Waals surface area contributed by atoms with Gasteiger partial charge in [-0.15, -0.1) is 0 Å². The van der Waals surface area contributed by atoms with E-state index in [1.807, 2.05) is 105 Å². The van der Waals surface area contributed by atoms with E-state index in [1.165, 1.54) is 0 Å². The molecule has 0 fully saturated rings. The van der Waals surface area contributed by atoms with Crippen LogP contribution in [0.5, 0.6) is 0 Å². The average molecular weight is 453 g/mol. The van der Waals surface area contributed by atoms with Crippen LogP contribution in [0.25, 0.3) is 16.9 Å². The molecule has 0 spiro atoms. The molecule has 0 aliphatic heterocycles. The number of rotatable bonds is 8. The number of anilines is 1. The molecule has 1 heterocycles. The van der Waals surface area contributed by atoms with Gasteiger partial charge in [0.25, 0.3) is 0 Å². The van der Waals surface area contributed by atoms with Crippen LogP contribution in [0.15, 0.2) is 91.0 Å². The Morgan fingerprint density at radius 3 is 2.24 bits per heavy atom. The van der Waals surface area contributed by atoms with Gasteiger partial charge in [-0.3, -0.25) is 9.59 Å². The molecule has 4 aromatic rings. The van der Waals surface area contributed by atoms with E-state index < -0.39 is 0 Å². The lowest BCUT2D eigenvalue weighted by molar-refractivity contribution is -0.124. The first-order chi connectivity index (χ1) is 16.5. The fourth-order valence-electron chi connectivity index (χ4n) is 3.75. The molecule has 1 aromatic heterocycles. The van der Waals surface area contributed by atoms with Crippen molar-refractivity contribution in [2.75, 3.05) is 5.32 Å². The summed E-state index contributed by atoms with van der Waals surface area (Å²) in [5.74, 6) is 0.159. The zero-order valence-corrected chi connectivity index (χ0v) is 19.4. The lowest BCUT2D eigenvalue weighted by atomic mass is 10.1. The quantitative estimate of drug-likeness (QED) is 0.374. The van der Waals surface area contributed by atoms with Crippen molar-refractivity contribution in [1.29, 1.82) is 0 Å². The van der Waals surface area contributed by atoms with E-state index in [-0.39, 0.29) is 30.7 Å². The van der Waals surface area contributed by atoms with Crippen molar-refractivity contribution in [3.8, 4) is 16.9 Å². The molecule has 34 heavy (non-hydrogen) atoms. The Hall–Kier alpha value is -4.19. The molecule has 0 aliphatic rings. The fourth-order valence-corrected chi connectivity index (χ4v) is 3.75. The summed E-state index contributed by atoms with van der Waals surface area (Å²) in [7, 11) is 0. The summed E-state index contributed by atoms with van der Waals surface area (Å²) in [4.78, 5) is 25.1. The third kappa shape index (κ3) is 5.78. The van der Waals surface area contributed by atoms with E-state index in [0.717, 1.165) is 28.1 Å². The summed E-state index contributed by atoms with van der Waals surface area (Å²) in [5, 5.41) is 10.6. The van der Waals surface area contributed by atoms with Crippen LogP contribution in [0.3, 0.4) is 0 Å². The number of carbonyl (C=O) groups excluding carboxylic acids is 2. The molecular weight excluding hydrogens is 424 g/mol. The topological polar surface area (TPSA) is 76.0 Å². The highest BCUT2D eigenvalue weighted by Crippen LogP contribution is 2.25. The molecule has 172 valence electrons. The standard InChI is InChI=1S/C28H28N4O2/c1-20-10-9-15-24(18-20)32-26(19-25(31-32)23-13-7-4-8-14-23)30-28(34)17-16-27(33)29-21(2)22-11-5-3-6-12-22/h3-15,18-19,21H,16-17H2,1-2H3,(H,29,33)(H,30,34). The predicted molar refractivity (Wildman–Crippen MR) is 135 cm³/mol. The number of aromatic nitrogens is 2. The minimum Gasteiger partial charge on any atom is -0.350 e. The molecule has 6 heteroatoms. The average Bonchev–Trinajstić information content (AvgIpc) is 3.27. The maximum Gasteiger partial charge on any atom is 0.226 e. The molecule has 6 nitrogen and oxygen atoms in total. The number of nitrogens with zero attached hydrogens (tertiary/aromatic N) is 2. The first-order valence-corrected chi connectivity index (χ1v) is 11.4. The van der Waals surface area contributed by atoms with Gasteiger partial charge in [-0.25, -0.2) is 4.68 Å². The van der Waals surface area contributed by atoms with Gasteiger partial charge in [-0.05, 0) is 37.1 Å². The van der Waals surface area contributed by atoms with Crippen molar-refractivity contribution in [1.82, 2.24) is 15.1 Å². The normalized spacial score (nSPS) is 11.6. The summed E-state index contributed by atoms with van der Waals surface area (Å²) in [6, 6.07) is 29.2. The van der Waals surface area contributed by atoms with Crippen LogP contribution < -0.4 is 10.6 Å². The third-order valence-corrected chi connectivity index (χ3v) is 5.55. The van der Waals surface area contributed by atoms with Crippen LogP contribution in [0.1, 0.15) is 36.9 Å². The van der Waals surface area contributed by atoms with Crippen molar-refractivity contribution in [3.05, 3.63) is 102 Å². The van der Waals surface area contributed by atoms with Crippen molar-refractivity contribution >= 4 is 17.6 Å². The van der Waals surface area contributed by atoms with E-state index >= 15 is 0 Å². The van der Waals surface area contributed by atoms with Gasteiger partial charge in [0.15, 0.2) is 0 Å². The number of amides is 2. The molecule has 0 aliphatic carbocycles. The Labute approximate surface area is 199 Å².